The van der Waals surface area contributed by atoms with E-state index in [1.54, 1.807) is 7.11 Å². The van der Waals surface area contributed by atoms with E-state index in [1.165, 1.54) is 12.8 Å². The van der Waals surface area contributed by atoms with Crippen LogP contribution in [0.4, 0.5) is 0 Å². The molecule has 0 saturated heterocycles. The Kier molecular flexibility index (Phi) is 9.06. The highest BCUT2D eigenvalue weighted by Gasteiger charge is 2.06. The number of hydrogen-bond donors (Lipinski definition) is 2. The van der Waals surface area contributed by atoms with Crippen molar-refractivity contribution in [1.29, 1.82) is 0 Å². The Labute approximate surface area is 95.0 Å². The van der Waals surface area contributed by atoms with Gasteiger partial charge in [0.1, 0.15) is 0 Å². The normalized spacial score (nSPS) is 17.4. The summed E-state index contributed by atoms with van der Waals surface area (Å²) in [5, 5.41) is 6.96. The molecule has 0 aliphatic heterocycles. The molecule has 3 unspecified atom stereocenters. The van der Waals surface area contributed by atoms with Gasteiger partial charge in [0.2, 0.25) is 0 Å². The topological polar surface area (TPSA) is 33.3 Å². The molecule has 0 aliphatic carbocycles. The summed E-state index contributed by atoms with van der Waals surface area (Å²) in [6, 6.07) is 1.13. The van der Waals surface area contributed by atoms with E-state index in [0.717, 1.165) is 13.1 Å². The van der Waals surface area contributed by atoms with Crippen LogP contribution in [0, 0.1) is 0 Å². The van der Waals surface area contributed by atoms with Gasteiger partial charge in [0, 0.05) is 32.3 Å². The molecule has 0 radical (unpaired) electrons. The molecule has 0 fully saturated rings. The summed E-state index contributed by atoms with van der Waals surface area (Å²) in [5.74, 6) is 0. The first-order chi connectivity index (χ1) is 7.10. The molecule has 0 aliphatic rings. The van der Waals surface area contributed by atoms with Crippen LogP contribution in [0.1, 0.15) is 40.5 Å². The van der Waals surface area contributed by atoms with Gasteiger partial charge in [-0.3, -0.25) is 0 Å². The van der Waals surface area contributed by atoms with Gasteiger partial charge in [0.15, 0.2) is 0 Å². The lowest BCUT2D eigenvalue weighted by Crippen LogP contribution is -2.42. The van der Waals surface area contributed by atoms with Gasteiger partial charge in [-0.15, -0.1) is 0 Å². The van der Waals surface area contributed by atoms with Gasteiger partial charge in [0.25, 0.3) is 0 Å². The molecule has 92 valence electrons. The van der Waals surface area contributed by atoms with Crippen molar-refractivity contribution >= 4 is 0 Å². The third-order valence-corrected chi connectivity index (χ3v) is 2.65. The Balaban J connectivity index is 3.44. The highest BCUT2D eigenvalue weighted by molar-refractivity contribution is 4.69. The van der Waals surface area contributed by atoms with Gasteiger partial charge in [-0.2, -0.15) is 0 Å². The highest BCUT2D eigenvalue weighted by atomic mass is 16.5. The standard InChI is InChI=1S/C12H28N2O/c1-6-7-10(2)13-8-11(3)14-9-12(4)15-5/h10-14H,6-9H2,1-5H3. The monoisotopic (exact) mass is 216 g/mol. The van der Waals surface area contributed by atoms with Gasteiger partial charge in [-0.1, -0.05) is 13.3 Å². The third-order valence-electron chi connectivity index (χ3n) is 2.65. The predicted octanol–water partition coefficient (Wildman–Crippen LogP) is 1.78. The third kappa shape index (κ3) is 8.85. The number of rotatable bonds is 9. The Hall–Kier alpha value is -0.120. The molecule has 0 rings (SSSR count). The molecule has 0 aromatic rings. The largest absolute Gasteiger partial charge is 0.380 e. The molecule has 0 amide bonds. The van der Waals surface area contributed by atoms with Crippen molar-refractivity contribution in [3.8, 4) is 0 Å². The van der Waals surface area contributed by atoms with Crippen LogP contribution < -0.4 is 10.6 Å². The van der Waals surface area contributed by atoms with Crippen molar-refractivity contribution in [2.45, 2.75) is 58.7 Å². The summed E-state index contributed by atoms with van der Waals surface area (Å²) in [7, 11) is 1.75. The number of ether oxygens (including phenoxy) is 1. The van der Waals surface area contributed by atoms with Crippen LogP contribution in [-0.2, 0) is 4.74 Å². The zero-order valence-corrected chi connectivity index (χ0v) is 11.0. The fourth-order valence-corrected chi connectivity index (χ4v) is 1.44. The maximum Gasteiger partial charge on any atom is 0.0667 e. The summed E-state index contributed by atoms with van der Waals surface area (Å²) in [5.41, 5.74) is 0. The van der Waals surface area contributed by atoms with Gasteiger partial charge in [-0.25, -0.2) is 0 Å². The van der Waals surface area contributed by atoms with Crippen molar-refractivity contribution in [2.75, 3.05) is 20.2 Å². The molecule has 0 saturated carbocycles. The van der Waals surface area contributed by atoms with E-state index < -0.39 is 0 Å². The molecule has 2 N–H and O–H groups in total. The van der Waals surface area contributed by atoms with Crippen LogP contribution >= 0.6 is 0 Å². The van der Waals surface area contributed by atoms with Crippen LogP contribution in [0.15, 0.2) is 0 Å². The lowest BCUT2D eigenvalue weighted by molar-refractivity contribution is 0.114. The first-order valence-corrected chi connectivity index (χ1v) is 6.09. The summed E-state index contributed by atoms with van der Waals surface area (Å²) in [6.07, 6.45) is 2.79. The highest BCUT2D eigenvalue weighted by Crippen LogP contribution is 1.94. The minimum absolute atomic E-state index is 0.292. The molecule has 3 nitrogen and oxygen atoms in total. The summed E-state index contributed by atoms with van der Waals surface area (Å²) in [4.78, 5) is 0. The number of nitrogens with one attached hydrogen (secondary N) is 2. The van der Waals surface area contributed by atoms with E-state index in [4.69, 9.17) is 4.74 Å². The smallest absolute Gasteiger partial charge is 0.0667 e. The fraction of sp³-hybridized carbons (Fsp3) is 1.00. The van der Waals surface area contributed by atoms with Crippen molar-refractivity contribution in [3.63, 3.8) is 0 Å². The molecular formula is C12H28N2O. The average Bonchev–Trinajstić information content (AvgIpc) is 2.23. The average molecular weight is 216 g/mol. The first kappa shape index (κ1) is 14.9. The van der Waals surface area contributed by atoms with E-state index >= 15 is 0 Å². The van der Waals surface area contributed by atoms with Crippen molar-refractivity contribution in [3.05, 3.63) is 0 Å². The lowest BCUT2D eigenvalue weighted by atomic mass is 10.2. The van der Waals surface area contributed by atoms with Crippen LogP contribution in [0.5, 0.6) is 0 Å². The minimum Gasteiger partial charge on any atom is -0.380 e. The maximum atomic E-state index is 5.18. The van der Waals surface area contributed by atoms with Crippen molar-refractivity contribution in [1.82, 2.24) is 10.6 Å². The molecular weight excluding hydrogens is 188 g/mol. The quantitative estimate of drug-likeness (QED) is 0.616. The molecule has 0 aromatic carbocycles. The Bertz CT molecular complexity index is 142. The molecule has 15 heavy (non-hydrogen) atoms. The number of methoxy groups -OCH3 is 1. The van der Waals surface area contributed by atoms with Gasteiger partial charge >= 0.3 is 0 Å². The summed E-state index contributed by atoms with van der Waals surface area (Å²) in [6.45, 7) is 10.7. The van der Waals surface area contributed by atoms with E-state index in [1.807, 2.05) is 0 Å². The van der Waals surface area contributed by atoms with Crippen LogP contribution in [0.25, 0.3) is 0 Å². The second-order valence-corrected chi connectivity index (χ2v) is 4.45. The predicted molar refractivity (Wildman–Crippen MR) is 66.3 cm³/mol. The first-order valence-electron chi connectivity index (χ1n) is 6.09. The van der Waals surface area contributed by atoms with Crippen molar-refractivity contribution < 1.29 is 4.74 Å². The van der Waals surface area contributed by atoms with Gasteiger partial charge in [-0.05, 0) is 27.2 Å². The Morgan fingerprint density at radius 1 is 1.00 bits per heavy atom. The maximum absolute atomic E-state index is 5.18. The van der Waals surface area contributed by atoms with E-state index in [2.05, 4.69) is 38.3 Å². The Morgan fingerprint density at radius 3 is 2.13 bits per heavy atom. The molecule has 3 heteroatoms. The van der Waals surface area contributed by atoms with E-state index in [0.29, 0.717) is 18.2 Å². The number of hydrogen-bond acceptors (Lipinski definition) is 3. The van der Waals surface area contributed by atoms with Crippen molar-refractivity contribution in [2.24, 2.45) is 0 Å². The molecule has 0 bridgehead atoms. The summed E-state index contributed by atoms with van der Waals surface area (Å²) >= 11 is 0. The van der Waals surface area contributed by atoms with Crippen LogP contribution in [0.2, 0.25) is 0 Å². The molecule has 0 spiro atoms. The lowest BCUT2D eigenvalue weighted by Gasteiger charge is -2.20. The van der Waals surface area contributed by atoms with Crippen LogP contribution in [-0.4, -0.2) is 38.4 Å². The zero-order valence-electron chi connectivity index (χ0n) is 11.0. The van der Waals surface area contributed by atoms with E-state index in [-0.39, 0.29) is 0 Å². The fourth-order valence-electron chi connectivity index (χ4n) is 1.44. The zero-order chi connectivity index (χ0) is 11.7. The van der Waals surface area contributed by atoms with Crippen LogP contribution in [0.3, 0.4) is 0 Å². The van der Waals surface area contributed by atoms with Gasteiger partial charge < -0.3 is 15.4 Å². The Morgan fingerprint density at radius 2 is 1.60 bits per heavy atom. The van der Waals surface area contributed by atoms with Gasteiger partial charge in [0.05, 0.1) is 6.10 Å². The second kappa shape index (κ2) is 9.13. The second-order valence-electron chi connectivity index (χ2n) is 4.45. The van der Waals surface area contributed by atoms with E-state index in [9.17, 15) is 0 Å². The molecule has 0 heterocycles. The molecule has 0 aromatic heterocycles. The SMILES string of the molecule is CCCC(C)NCC(C)NCC(C)OC. The summed E-state index contributed by atoms with van der Waals surface area (Å²) < 4.78 is 5.18. The minimum atomic E-state index is 0.292. The molecule has 3 atom stereocenters.